The van der Waals surface area contributed by atoms with E-state index in [0.717, 1.165) is 75.3 Å². The van der Waals surface area contributed by atoms with Gasteiger partial charge >= 0.3 is 12.1 Å². The molecule has 2 aromatic rings. The number of carbonyl (C=O) groups is 4. The van der Waals surface area contributed by atoms with E-state index in [4.69, 9.17) is 21.2 Å². The Labute approximate surface area is 282 Å². The number of benzene rings is 2. The third-order valence-electron chi connectivity index (χ3n) is 10.2. The van der Waals surface area contributed by atoms with Crippen molar-refractivity contribution < 1.29 is 28.8 Å². The van der Waals surface area contributed by atoms with Gasteiger partial charge < -0.3 is 20.2 Å². The van der Waals surface area contributed by atoms with Gasteiger partial charge in [-0.25, -0.2) is 9.59 Å². The zero-order chi connectivity index (χ0) is 33.2. The quantitative estimate of drug-likeness (QED) is 0.220. The van der Waals surface area contributed by atoms with Gasteiger partial charge in [0.2, 0.25) is 5.91 Å². The van der Waals surface area contributed by atoms with Gasteiger partial charge in [0.1, 0.15) is 12.1 Å². The van der Waals surface area contributed by atoms with Gasteiger partial charge in [-0.05, 0) is 60.8 Å². The average Bonchev–Trinajstić information content (AvgIpc) is 3.39. The van der Waals surface area contributed by atoms with Crippen LogP contribution >= 0.6 is 11.6 Å². The molecule has 1 aliphatic heterocycles. The van der Waals surface area contributed by atoms with Gasteiger partial charge in [0, 0.05) is 22.9 Å². The summed E-state index contributed by atoms with van der Waals surface area (Å²) in [6, 6.07) is 15.9. The lowest BCUT2D eigenvalue weighted by Gasteiger charge is -2.33. The van der Waals surface area contributed by atoms with E-state index >= 15 is 0 Å². The molecular formula is C37H48ClN3O6. The molecule has 10 heteroatoms. The summed E-state index contributed by atoms with van der Waals surface area (Å²) in [5.41, 5.74) is 3.87. The van der Waals surface area contributed by atoms with Crippen LogP contribution in [0.2, 0.25) is 5.02 Å². The van der Waals surface area contributed by atoms with Crippen LogP contribution in [0.25, 0.3) is 0 Å². The first-order valence-corrected chi connectivity index (χ1v) is 17.7. The fraction of sp³-hybridized carbons (Fsp3) is 0.568. The molecule has 3 aliphatic rings. The summed E-state index contributed by atoms with van der Waals surface area (Å²) in [5.74, 6) is -1.49. The number of hydrogen-bond donors (Lipinski definition) is 3. The van der Waals surface area contributed by atoms with E-state index in [2.05, 4.69) is 16.1 Å². The fourth-order valence-corrected chi connectivity index (χ4v) is 7.84. The predicted octanol–water partition coefficient (Wildman–Crippen LogP) is 7.13. The molecule has 3 unspecified atom stereocenters. The smallest absolute Gasteiger partial charge is 0.408 e. The number of carbonyl (C=O) groups excluding carboxylic acids is 4. The molecule has 1 spiro atoms. The van der Waals surface area contributed by atoms with Crippen LogP contribution < -0.4 is 16.1 Å². The van der Waals surface area contributed by atoms with E-state index in [1.54, 1.807) is 6.07 Å². The Morgan fingerprint density at radius 1 is 0.979 bits per heavy atom. The number of alkyl carbamates (subject to hydrolysis) is 1. The van der Waals surface area contributed by atoms with Crippen molar-refractivity contribution >= 4 is 35.5 Å². The molecule has 2 aliphatic carbocycles. The normalized spacial score (nSPS) is 21.2. The Hall–Kier alpha value is -3.59. The summed E-state index contributed by atoms with van der Waals surface area (Å²) in [6.45, 7) is 1.88. The first kappa shape index (κ1) is 34.7. The van der Waals surface area contributed by atoms with Crippen molar-refractivity contribution in [3.63, 3.8) is 0 Å². The monoisotopic (exact) mass is 665 g/mol. The molecule has 5 rings (SSSR count). The maximum atomic E-state index is 13.4. The second-order valence-corrected chi connectivity index (χ2v) is 14.3. The summed E-state index contributed by atoms with van der Waals surface area (Å²) in [6.07, 6.45) is 10.8. The predicted molar refractivity (Wildman–Crippen MR) is 179 cm³/mol. The zero-order valence-electron chi connectivity index (χ0n) is 27.3. The Morgan fingerprint density at radius 3 is 2.43 bits per heavy atom. The molecule has 2 saturated carbocycles. The summed E-state index contributed by atoms with van der Waals surface area (Å²) >= 11 is 6.21. The van der Waals surface area contributed by atoms with Crippen LogP contribution in [0.3, 0.4) is 0 Å². The first-order chi connectivity index (χ1) is 22.7. The summed E-state index contributed by atoms with van der Waals surface area (Å²) in [7, 11) is 0. The number of amides is 3. The fourth-order valence-electron chi connectivity index (χ4n) is 7.63. The molecule has 4 atom stereocenters. The van der Waals surface area contributed by atoms with E-state index < -0.39 is 30.1 Å². The minimum Gasteiger partial charge on any atom is -0.441 e. The van der Waals surface area contributed by atoms with E-state index in [-0.39, 0.29) is 35.6 Å². The van der Waals surface area contributed by atoms with Crippen LogP contribution in [-0.2, 0) is 30.4 Å². The highest BCUT2D eigenvalue weighted by Crippen LogP contribution is 2.41. The highest BCUT2D eigenvalue weighted by atomic mass is 35.5. The van der Waals surface area contributed by atoms with Crippen LogP contribution in [0.1, 0.15) is 108 Å². The standard InChI is InChI=1S/C37H48ClN3O6/c1-25(30-24-37(40-34(30)43)18-9-4-10-19-37)20-33(42)47-41-35(44)31(22-26-12-5-2-6-13-26)39-36(45)46-32(28-15-7-3-8-16-28)23-27-14-11-17-29(38)21-27/h3,7-8,11,14-17,21,25-26,30-32H,2,4-6,9-10,12-13,18-20,22-24H2,1H3,(H,39,45)(H,40,43)(H,41,44)/t25?,30?,31-,32?/m0/s1. The van der Waals surface area contributed by atoms with Crippen molar-refractivity contribution in [2.75, 3.05) is 0 Å². The lowest BCUT2D eigenvalue weighted by atomic mass is 9.76. The molecule has 1 saturated heterocycles. The molecule has 0 bridgehead atoms. The maximum Gasteiger partial charge on any atom is 0.408 e. The maximum absolute atomic E-state index is 13.4. The molecule has 3 amide bonds. The number of hydrogen-bond acceptors (Lipinski definition) is 6. The second-order valence-electron chi connectivity index (χ2n) is 13.8. The Bertz CT molecular complexity index is 1380. The van der Waals surface area contributed by atoms with Crippen LogP contribution in [0.4, 0.5) is 4.79 Å². The summed E-state index contributed by atoms with van der Waals surface area (Å²) < 4.78 is 5.92. The van der Waals surface area contributed by atoms with E-state index in [1.807, 2.05) is 55.5 Å². The molecule has 2 aromatic carbocycles. The molecule has 254 valence electrons. The third-order valence-corrected chi connectivity index (χ3v) is 10.5. The Balaban J connectivity index is 1.18. The van der Waals surface area contributed by atoms with Gasteiger partial charge in [0.05, 0.1) is 6.42 Å². The van der Waals surface area contributed by atoms with Crippen LogP contribution in [-0.4, -0.2) is 35.5 Å². The number of rotatable bonds is 11. The molecule has 9 nitrogen and oxygen atoms in total. The van der Waals surface area contributed by atoms with Crippen molar-refractivity contribution in [1.29, 1.82) is 0 Å². The second kappa shape index (κ2) is 16.5. The first-order valence-electron chi connectivity index (χ1n) is 17.3. The molecule has 0 radical (unpaired) electrons. The van der Waals surface area contributed by atoms with Crippen LogP contribution in [0, 0.1) is 17.8 Å². The number of ether oxygens (including phenoxy) is 1. The van der Waals surface area contributed by atoms with Crippen molar-refractivity contribution in [2.24, 2.45) is 17.8 Å². The minimum atomic E-state index is -0.954. The van der Waals surface area contributed by atoms with Crippen LogP contribution in [0.15, 0.2) is 54.6 Å². The number of halogens is 1. The SMILES string of the molecule is CC(CC(=O)ONC(=O)[C@H](CC1CCCCC1)NC(=O)OC(Cc1cccc(Cl)c1)c1ccccc1)C1CC2(CCCCC2)NC1=O. The highest BCUT2D eigenvalue weighted by Gasteiger charge is 2.46. The largest absolute Gasteiger partial charge is 0.441 e. The van der Waals surface area contributed by atoms with Gasteiger partial charge in [-0.15, -0.1) is 0 Å². The van der Waals surface area contributed by atoms with Gasteiger partial charge in [0.25, 0.3) is 5.91 Å². The summed E-state index contributed by atoms with van der Waals surface area (Å²) in [4.78, 5) is 57.6. The van der Waals surface area contributed by atoms with Gasteiger partial charge in [-0.2, -0.15) is 5.48 Å². The molecule has 47 heavy (non-hydrogen) atoms. The van der Waals surface area contributed by atoms with Crippen molar-refractivity contribution in [2.45, 2.75) is 114 Å². The summed E-state index contributed by atoms with van der Waals surface area (Å²) in [5, 5.41) is 6.57. The van der Waals surface area contributed by atoms with E-state index in [0.29, 0.717) is 17.9 Å². The van der Waals surface area contributed by atoms with Gasteiger partial charge in [-0.1, -0.05) is 112 Å². The van der Waals surface area contributed by atoms with Crippen molar-refractivity contribution in [1.82, 2.24) is 16.1 Å². The molecular weight excluding hydrogens is 618 g/mol. The zero-order valence-corrected chi connectivity index (χ0v) is 28.1. The molecule has 0 aromatic heterocycles. The lowest BCUT2D eigenvalue weighted by molar-refractivity contribution is -0.160. The van der Waals surface area contributed by atoms with E-state index in [1.165, 1.54) is 6.42 Å². The van der Waals surface area contributed by atoms with Crippen molar-refractivity contribution in [3.05, 3.63) is 70.7 Å². The third kappa shape index (κ3) is 9.95. The number of nitrogens with one attached hydrogen (secondary N) is 3. The van der Waals surface area contributed by atoms with Crippen LogP contribution in [0.5, 0.6) is 0 Å². The van der Waals surface area contributed by atoms with Gasteiger partial charge in [-0.3, -0.25) is 9.59 Å². The van der Waals surface area contributed by atoms with Crippen molar-refractivity contribution in [3.8, 4) is 0 Å². The van der Waals surface area contributed by atoms with E-state index in [9.17, 15) is 19.2 Å². The Kier molecular flexibility index (Phi) is 12.2. The topological polar surface area (TPSA) is 123 Å². The van der Waals surface area contributed by atoms with Gasteiger partial charge in [0.15, 0.2) is 0 Å². The average molecular weight is 666 g/mol. The molecule has 3 fully saturated rings. The number of hydroxylamine groups is 1. The highest BCUT2D eigenvalue weighted by molar-refractivity contribution is 6.30. The molecule has 3 N–H and O–H groups in total. The minimum absolute atomic E-state index is 0.000529. The Morgan fingerprint density at radius 2 is 1.70 bits per heavy atom. The lowest BCUT2D eigenvalue weighted by Crippen LogP contribution is -2.48. The molecule has 1 heterocycles.